The van der Waals surface area contributed by atoms with E-state index in [2.05, 4.69) is 11.4 Å². The van der Waals surface area contributed by atoms with E-state index in [0.717, 1.165) is 16.4 Å². The fourth-order valence-electron chi connectivity index (χ4n) is 1.62. The molecule has 1 aromatic carbocycles. The lowest BCUT2D eigenvalue weighted by atomic mass is 10.3. The largest absolute Gasteiger partial charge is 0.496 e. The molecular weight excluding hydrogens is 294 g/mol. The first-order valence-corrected chi connectivity index (χ1v) is 7.71. The minimum absolute atomic E-state index is 0.462. The van der Waals surface area contributed by atoms with Crippen molar-refractivity contribution < 1.29 is 9.53 Å². The second-order valence-corrected chi connectivity index (χ2v) is 5.82. The summed E-state index contributed by atoms with van der Waals surface area (Å²) in [5.74, 6) is 6.63. The number of rotatable bonds is 5. The summed E-state index contributed by atoms with van der Waals surface area (Å²) in [5, 5.41) is 4.73. The quantitative estimate of drug-likeness (QED) is 0.343. The number of anilines is 1. The first kappa shape index (κ1) is 14.7. The Kier molecular flexibility index (Phi) is 5.28. The fourth-order valence-corrected chi connectivity index (χ4v) is 3.51. The second kappa shape index (κ2) is 7.18. The van der Waals surface area contributed by atoms with Crippen LogP contribution in [0.15, 0.2) is 40.6 Å². The molecule has 0 aliphatic heterocycles. The number of nitrogens with two attached hydrogens (primary N) is 1. The topological polar surface area (TPSA) is 76.4 Å². The van der Waals surface area contributed by atoms with Crippen molar-refractivity contribution in [2.24, 2.45) is 5.84 Å². The molecule has 1 aromatic heterocycles. The van der Waals surface area contributed by atoms with Crippen LogP contribution >= 0.6 is 23.1 Å². The van der Waals surface area contributed by atoms with Gasteiger partial charge in [-0.2, -0.15) is 0 Å². The van der Waals surface area contributed by atoms with Gasteiger partial charge in [0.1, 0.15) is 5.75 Å². The molecule has 0 fully saturated rings. The summed E-state index contributed by atoms with van der Waals surface area (Å²) in [6.45, 7) is 0. The first-order chi connectivity index (χ1) is 9.74. The first-order valence-electron chi connectivity index (χ1n) is 5.84. The second-order valence-electron chi connectivity index (χ2n) is 3.80. The summed E-state index contributed by atoms with van der Waals surface area (Å²) in [6.07, 6.45) is 0. The van der Waals surface area contributed by atoms with Crippen LogP contribution < -0.4 is 21.3 Å². The number of hydrazine groups is 1. The van der Waals surface area contributed by atoms with Gasteiger partial charge in [-0.25, -0.2) is 10.6 Å². The summed E-state index contributed by atoms with van der Waals surface area (Å²) >= 11 is 3.31. The van der Waals surface area contributed by atoms with E-state index in [4.69, 9.17) is 10.6 Å². The number of carbonyl (C=O) groups is 1. The molecular formula is C13H15N3O2S2. The summed E-state index contributed by atoms with van der Waals surface area (Å²) in [5.41, 5.74) is 2.72. The van der Waals surface area contributed by atoms with Crippen LogP contribution in [0.25, 0.3) is 0 Å². The molecule has 1 heterocycles. The number of benzene rings is 1. The van der Waals surface area contributed by atoms with Gasteiger partial charge in [-0.1, -0.05) is 12.1 Å². The number of nitrogens with one attached hydrogen (secondary N) is 2. The van der Waals surface area contributed by atoms with Crippen LogP contribution in [0, 0.1) is 0 Å². The molecule has 2 amide bonds. The van der Waals surface area contributed by atoms with Gasteiger partial charge in [-0.05, 0) is 23.6 Å². The van der Waals surface area contributed by atoms with Crippen LogP contribution in [0.2, 0.25) is 0 Å². The minimum atomic E-state index is -0.462. The number of urea groups is 1. The van der Waals surface area contributed by atoms with Gasteiger partial charge < -0.3 is 10.1 Å². The number of hydrogen-bond donors (Lipinski definition) is 3. The molecule has 0 radical (unpaired) electrons. The van der Waals surface area contributed by atoms with Crippen molar-refractivity contribution in [3.05, 3.63) is 40.6 Å². The number of amides is 2. The molecule has 2 rings (SSSR count). The van der Waals surface area contributed by atoms with E-state index in [1.807, 2.05) is 35.1 Å². The Morgan fingerprint density at radius 1 is 1.40 bits per heavy atom. The number of hydrogen-bond acceptors (Lipinski definition) is 5. The smallest absolute Gasteiger partial charge is 0.333 e. The molecule has 0 aliphatic carbocycles. The number of thioether (sulfide) groups is 1. The van der Waals surface area contributed by atoms with Gasteiger partial charge in [-0.3, -0.25) is 5.43 Å². The Balaban J connectivity index is 2.20. The highest BCUT2D eigenvalue weighted by Gasteiger charge is 2.12. The molecule has 106 valence electrons. The van der Waals surface area contributed by atoms with E-state index in [1.54, 1.807) is 30.2 Å². The van der Waals surface area contributed by atoms with E-state index in [9.17, 15) is 4.79 Å². The van der Waals surface area contributed by atoms with Crippen LogP contribution in [0.5, 0.6) is 5.75 Å². The molecule has 0 atom stereocenters. The predicted molar refractivity (Wildman–Crippen MR) is 83.2 cm³/mol. The number of carbonyl (C=O) groups excluding carboxylic acids is 1. The van der Waals surface area contributed by atoms with Crippen molar-refractivity contribution >= 4 is 34.8 Å². The van der Waals surface area contributed by atoms with Gasteiger partial charge in [0.25, 0.3) is 0 Å². The molecule has 0 saturated heterocycles. The Bertz CT molecular complexity index is 573. The maximum atomic E-state index is 11.4. The Morgan fingerprint density at radius 3 is 2.90 bits per heavy atom. The third kappa shape index (κ3) is 3.66. The predicted octanol–water partition coefficient (Wildman–Crippen LogP) is 3.04. The highest BCUT2D eigenvalue weighted by Crippen LogP contribution is 2.38. The monoisotopic (exact) mass is 309 g/mol. The van der Waals surface area contributed by atoms with Crippen LogP contribution in [0.4, 0.5) is 10.5 Å². The maximum absolute atomic E-state index is 11.4. The molecule has 20 heavy (non-hydrogen) atoms. The van der Waals surface area contributed by atoms with Crippen molar-refractivity contribution in [1.29, 1.82) is 0 Å². The van der Waals surface area contributed by atoms with Gasteiger partial charge in [0.15, 0.2) is 0 Å². The number of ether oxygens (including phenoxy) is 1. The van der Waals surface area contributed by atoms with E-state index in [-0.39, 0.29) is 0 Å². The molecule has 5 nitrogen and oxygen atoms in total. The summed E-state index contributed by atoms with van der Waals surface area (Å²) in [7, 11) is 1.61. The number of thiophene rings is 1. The van der Waals surface area contributed by atoms with E-state index in [0.29, 0.717) is 5.69 Å². The Morgan fingerprint density at radius 2 is 2.25 bits per heavy atom. The molecule has 0 saturated carbocycles. The van der Waals surface area contributed by atoms with Crippen LogP contribution in [-0.2, 0) is 5.75 Å². The summed E-state index contributed by atoms with van der Waals surface area (Å²) in [6, 6.07) is 9.13. The van der Waals surface area contributed by atoms with Gasteiger partial charge in [-0.15, -0.1) is 23.1 Å². The SMILES string of the molecule is COc1cccc(NC(=O)NN)c1SCc1cccs1. The zero-order valence-electron chi connectivity index (χ0n) is 10.9. The van der Waals surface area contributed by atoms with Crippen molar-refractivity contribution in [1.82, 2.24) is 5.43 Å². The van der Waals surface area contributed by atoms with E-state index >= 15 is 0 Å². The highest BCUT2D eigenvalue weighted by atomic mass is 32.2. The molecule has 7 heteroatoms. The van der Waals surface area contributed by atoms with Crippen LogP contribution in [-0.4, -0.2) is 13.1 Å². The average Bonchev–Trinajstić information content (AvgIpc) is 2.98. The molecule has 0 aliphatic rings. The third-order valence-electron chi connectivity index (χ3n) is 2.52. The lowest BCUT2D eigenvalue weighted by Crippen LogP contribution is -2.34. The highest BCUT2D eigenvalue weighted by molar-refractivity contribution is 7.98. The summed E-state index contributed by atoms with van der Waals surface area (Å²) in [4.78, 5) is 13.5. The van der Waals surface area contributed by atoms with Crippen molar-refractivity contribution in [3.8, 4) is 5.75 Å². The van der Waals surface area contributed by atoms with Gasteiger partial charge in [0, 0.05) is 10.6 Å². The molecule has 0 unspecified atom stereocenters. The van der Waals surface area contributed by atoms with Gasteiger partial charge in [0.2, 0.25) is 0 Å². The molecule has 4 N–H and O–H groups in total. The lowest BCUT2D eigenvalue weighted by molar-refractivity contribution is 0.252. The number of methoxy groups -OCH3 is 1. The maximum Gasteiger partial charge on any atom is 0.333 e. The zero-order valence-corrected chi connectivity index (χ0v) is 12.5. The molecule has 0 spiro atoms. The van der Waals surface area contributed by atoms with Crippen molar-refractivity contribution in [2.45, 2.75) is 10.6 Å². The Hall–Kier alpha value is -1.70. The van der Waals surface area contributed by atoms with Crippen molar-refractivity contribution in [3.63, 3.8) is 0 Å². The Labute approximate surface area is 125 Å². The van der Waals surface area contributed by atoms with Crippen LogP contribution in [0.3, 0.4) is 0 Å². The molecule has 2 aromatic rings. The third-order valence-corrected chi connectivity index (χ3v) is 4.74. The zero-order chi connectivity index (χ0) is 14.4. The standard InChI is InChI=1S/C13H15N3O2S2/c1-18-11-6-2-5-10(15-13(17)16-14)12(11)20-8-9-4-3-7-19-9/h2-7H,8,14H2,1H3,(H2,15,16,17). The van der Waals surface area contributed by atoms with E-state index in [1.165, 1.54) is 4.88 Å². The lowest BCUT2D eigenvalue weighted by Gasteiger charge is -2.13. The van der Waals surface area contributed by atoms with Crippen molar-refractivity contribution in [2.75, 3.05) is 12.4 Å². The van der Waals surface area contributed by atoms with Crippen LogP contribution in [0.1, 0.15) is 4.88 Å². The minimum Gasteiger partial charge on any atom is -0.496 e. The average molecular weight is 309 g/mol. The van der Waals surface area contributed by atoms with Gasteiger partial charge >= 0.3 is 6.03 Å². The van der Waals surface area contributed by atoms with Gasteiger partial charge in [0.05, 0.1) is 17.7 Å². The molecule has 0 bridgehead atoms. The van der Waals surface area contributed by atoms with E-state index < -0.39 is 6.03 Å². The fraction of sp³-hybridized carbons (Fsp3) is 0.154. The normalized spacial score (nSPS) is 10.1. The summed E-state index contributed by atoms with van der Waals surface area (Å²) < 4.78 is 5.35.